The molecule has 17 heavy (non-hydrogen) atoms. The summed E-state index contributed by atoms with van der Waals surface area (Å²) < 4.78 is 1.30. The lowest BCUT2D eigenvalue weighted by atomic mass is 10.0. The molecule has 86 valence electrons. The highest BCUT2D eigenvalue weighted by Crippen LogP contribution is 2.30. The van der Waals surface area contributed by atoms with E-state index in [2.05, 4.69) is 85.0 Å². The first-order chi connectivity index (χ1) is 8.18. The molecule has 0 saturated heterocycles. The predicted octanol–water partition coefficient (Wildman–Crippen LogP) is 5.24. The SMILES string of the molecule is Cc1cccc(C)c1/C(I)=C\c1ccccc1. The molecule has 0 fully saturated rings. The van der Waals surface area contributed by atoms with Crippen LogP contribution >= 0.6 is 22.6 Å². The molecule has 0 aliphatic heterocycles. The van der Waals surface area contributed by atoms with Crippen LogP contribution in [0.15, 0.2) is 48.5 Å². The summed E-state index contributed by atoms with van der Waals surface area (Å²) in [6, 6.07) is 16.9. The molecular formula is C16H15I. The third-order valence-corrected chi connectivity index (χ3v) is 3.66. The van der Waals surface area contributed by atoms with E-state index in [1.165, 1.54) is 25.8 Å². The van der Waals surface area contributed by atoms with Crippen LogP contribution in [0.2, 0.25) is 0 Å². The Bertz CT molecular complexity index is 518. The molecule has 0 amide bonds. The molecule has 0 radical (unpaired) electrons. The van der Waals surface area contributed by atoms with Gasteiger partial charge in [-0.3, -0.25) is 0 Å². The summed E-state index contributed by atoms with van der Waals surface area (Å²) in [7, 11) is 0. The quantitative estimate of drug-likeness (QED) is 0.521. The summed E-state index contributed by atoms with van der Waals surface area (Å²) in [6.07, 6.45) is 2.23. The fourth-order valence-electron chi connectivity index (χ4n) is 1.96. The van der Waals surface area contributed by atoms with Crippen molar-refractivity contribution in [1.82, 2.24) is 0 Å². The fourth-order valence-corrected chi connectivity index (χ4v) is 3.17. The van der Waals surface area contributed by atoms with Gasteiger partial charge in [-0.15, -0.1) is 0 Å². The van der Waals surface area contributed by atoms with E-state index in [9.17, 15) is 0 Å². The van der Waals surface area contributed by atoms with Gasteiger partial charge in [0.2, 0.25) is 0 Å². The Hall–Kier alpha value is -1.09. The molecule has 0 spiro atoms. The molecule has 0 bridgehead atoms. The maximum absolute atomic E-state index is 2.42. The zero-order chi connectivity index (χ0) is 12.3. The van der Waals surface area contributed by atoms with E-state index in [4.69, 9.17) is 0 Å². The Morgan fingerprint density at radius 3 is 2.06 bits per heavy atom. The van der Waals surface area contributed by atoms with Crippen molar-refractivity contribution >= 4 is 32.2 Å². The van der Waals surface area contributed by atoms with Gasteiger partial charge >= 0.3 is 0 Å². The van der Waals surface area contributed by atoms with Gasteiger partial charge in [-0.2, -0.15) is 0 Å². The van der Waals surface area contributed by atoms with E-state index in [1.807, 2.05) is 6.07 Å². The molecule has 2 aromatic rings. The lowest BCUT2D eigenvalue weighted by Crippen LogP contribution is -1.88. The van der Waals surface area contributed by atoms with Crippen molar-refractivity contribution in [2.75, 3.05) is 0 Å². The topological polar surface area (TPSA) is 0 Å². The molecule has 2 aromatic carbocycles. The average Bonchev–Trinajstić information content (AvgIpc) is 2.30. The molecule has 0 aliphatic rings. The van der Waals surface area contributed by atoms with E-state index in [1.54, 1.807) is 0 Å². The molecule has 0 atom stereocenters. The van der Waals surface area contributed by atoms with Crippen LogP contribution in [0.25, 0.3) is 9.66 Å². The summed E-state index contributed by atoms with van der Waals surface area (Å²) in [5, 5.41) is 0. The van der Waals surface area contributed by atoms with Crippen LogP contribution in [-0.4, -0.2) is 0 Å². The lowest BCUT2D eigenvalue weighted by molar-refractivity contribution is 1.36. The monoisotopic (exact) mass is 334 g/mol. The van der Waals surface area contributed by atoms with E-state index >= 15 is 0 Å². The second-order valence-corrected chi connectivity index (χ2v) is 5.33. The molecule has 0 aliphatic carbocycles. The van der Waals surface area contributed by atoms with Gasteiger partial charge in [0.25, 0.3) is 0 Å². The van der Waals surface area contributed by atoms with Crippen molar-refractivity contribution in [2.24, 2.45) is 0 Å². The molecule has 0 N–H and O–H groups in total. The molecule has 0 heterocycles. The molecule has 1 heteroatoms. The Labute approximate surface area is 117 Å². The van der Waals surface area contributed by atoms with Gasteiger partial charge in [-0.1, -0.05) is 48.5 Å². The Kier molecular flexibility index (Phi) is 4.00. The minimum Gasteiger partial charge on any atom is -0.0622 e. The first-order valence-electron chi connectivity index (χ1n) is 5.67. The number of hydrogen-bond acceptors (Lipinski definition) is 0. The highest BCUT2D eigenvalue weighted by Gasteiger charge is 2.05. The number of rotatable bonds is 2. The number of halogens is 1. The molecular weight excluding hydrogens is 319 g/mol. The highest BCUT2D eigenvalue weighted by atomic mass is 127. The van der Waals surface area contributed by atoms with Gasteiger partial charge in [-0.25, -0.2) is 0 Å². The summed E-state index contributed by atoms with van der Waals surface area (Å²) in [5.41, 5.74) is 5.28. The van der Waals surface area contributed by atoms with Gasteiger partial charge in [-0.05, 0) is 64.8 Å². The Balaban J connectivity index is 2.44. The standard InChI is InChI=1S/C16H15I/c1-12-7-6-8-13(2)16(12)15(17)11-14-9-4-3-5-10-14/h3-11H,1-2H3/b15-11+. The number of hydrogen-bond donors (Lipinski definition) is 0. The lowest BCUT2D eigenvalue weighted by Gasteiger charge is -2.08. The van der Waals surface area contributed by atoms with E-state index in [-0.39, 0.29) is 0 Å². The van der Waals surface area contributed by atoms with E-state index in [0.717, 1.165) is 0 Å². The van der Waals surface area contributed by atoms with Crippen LogP contribution in [0.1, 0.15) is 22.3 Å². The predicted molar refractivity (Wildman–Crippen MR) is 84.2 cm³/mol. The Morgan fingerprint density at radius 2 is 1.47 bits per heavy atom. The van der Waals surface area contributed by atoms with Crippen molar-refractivity contribution in [1.29, 1.82) is 0 Å². The maximum atomic E-state index is 2.42. The van der Waals surface area contributed by atoms with Crippen molar-refractivity contribution < 1.29 is 0 Å². The normalized spacial score (nSPS) is 11.6. The molecule has 0 saturated carbocycles. The van der Waals surface area contributed by atoms with Crippen molar-refractivity contribution in [3.63, 3.8) is 0 Å². The average molecular weight is 334 g/mol. The smallest absolute Gasteiger partial charge is 0.0214 e. The largest absolute Gasteiger partial charge is 0.0622 e. The van der Waals surface area contributed by atoms with E-state index in [0.29, 0.717) is 0 Å². The van der Waals surface area contributed by atoms with Crippen LogP contribution in [0.4, 0.5) is 0 Å². The van der Waals surface area contributed by atoms with Crippen LogP contribution in [0.5, 0.6) is 0 Å². The molecule has 0 aromatic heterocycles. The van der Waals surface area contributed by atoms with Gasteiger partial charge in [0.15, 0.2) is 0 Å². The van der Waals surface area contributed by atoms with Gasteiger partial charge in [0.05, 0.1) is 0 Å². The second kappa shape index (κ2) is 5.50. The van der Waals surface area contributed by atoms with Gasteiger partial charge in [0.1, 0.15) is 0 Å². The maximum Gasteiger partial charge on any atom is 0.0214 e. The third-order valence-electron chi connectivity index (χ3n) is 2.81. The molecule has 2 rings (SSSR count). The molecule has 0 unspecified atom stereocenters. The first kappa shape index (κ1) is 12.4. The van der Waals surface area contributed by atoms with Crippen LogP contribution in [-0.2, 0) is 0 Å². The Morgan fingerprint density at radius 1 is 0.882 bits per heavy atom. The minimum atomic E-state index is 1.25. The minimum absolute atomic E-state index is 1.25. The van der Waals surface area contributed by atoms with Crippen molar-refractivity contribution in [2.45, 2.75) is 13.8 Å². The summed E-state index contributed by atoms with van der Waals surface area (Å²) in [6.45, 7) is 4.33. The van der Waals surface area contributed by atoms with Gasteiger partial charge in [0, 0.05) is 3.58 Å². The van der Waals surface area contributed by atoms with Crippen LogP contribution in [0.3, 0.4) is 0 Å². The van der Waals surface area contributed by atoms with Crippen LogP contribution in [0, 0.1) is 13.8 Å². The number of aryl methyl sites for hydroxylation is 2. The summed E-state index contributed by atoms with van der Waals surface area (Å²) in [4.78, 5) is 0. The first-order valence-corrected chi connectivity index (χ1v) is 6.75. The number of benzene rings is 2. The van der Waals surface area contributed by atoms with Crippen LogP contribution < -0.4 is 0 Å². The van der Waals surface area contributed by atoms with Gasteiger partial charge < -0.3 is 0 Å². The highest BCUT2D eigenvalue weighted by molar-refractivity contribution is 14.1. The second-order valence-electron chi connectivity index (χ2n) is 4.17. The van der Waals surface area contributed by atoms with E-state index < -0.39 is 0 Å². The third kappa shape index (κ3) is 2.97. The summed E-state index contributed by atoms with van der Waals surface area (Å²) >= 11 is 2.42. The van der Waals surface area contributed by atoms with Crippen molar-refractivity contribution in [3.8, 4) is 0 Å². The molecule has 0 nitrogen and oxygen atoms in total. The van der Waals surface area contributed by atoms with Crippen molar-refractivity contribution in [3.05, 3.63) is 70.8 Å². The fraction of sp³-hybridized carbons (Fsp3) is 0.125. The summed E-state index contributed by atoms with van der Waals surface area (Å²) in [5.74, 6) is 0. The zero-order valence-corrected chi connectivity index (χ0v) is 12.2. The zero-order valence-electron chi connectivity index (χ0n) is 10.1.